The van der Waals surface area contributed by atoms with Gasteiger partial charge in [-0.15, -0.1) is 0 Å². The lowest BCUT2D eigenvalue weighted by molar-refractivity contribution is -0.317. The third kappa shape index (κ3) is 13.9. The number of ether oxygens (including phenoxy) is 2. The van der Waals surface area contributed by atoms with Crippen LogP contribution in [0.2, 0.25) is 0 Å². The Hall–Kier alpha value is -0.810. The van der Waals surface area contributed by atoms with Gasteiger partial charge in [0.1, 0.15) is 24.4 Å². The third-order valence-electron chi connectivity index (χ3n) is 6.86. The number of amides is 1. The van der Waals surface area contributed by atoms with Crippen LogP contribution in [-0.4, -0.2) is 81.0 Å². The van der Waals surface area contributed by atoms with Gasteiger partial charge < -0.3 is 40.7 Å². The molecule has 0 radical (unpaired) electrons. The molecule has 1 heterocycles. The number of aliphatic hydroxyl groups excluding tert-OH is 5. The maximum absolute atomic E-state index is 10.7. The maximum atomic E-state index is 10.7. The summed E-state index contributed by atoms with van der Waals surface area (Å²) in [6.07, 6.45) is 9.40. The Bertz CT molecular complexity index is 533. The summed E-state index contributed by atoms with van der Waals surface area (Å²) < 4.78 is 11.1. The second kappa shape index (κ2) is 19.3. The van der Waals surface area contributed by atoms with Gasteiger partial charge in [0.05, 0.1) is 18.8 Å². The summed E-state index contributed by atoms with van der Waals surface area (Å²) >= 11 is 0. The zero-order valence-corrected chi connectivity index (χ0v) is 21.6. The van der Waals surface area contributed by atoms with Gasteiger partial charge in [0.25, 0.3) is 0 Å². The molecule has 7 unspecified atom stereocenters. The van der Waals surface area contributed by atoms with E-state index in [1.165, 1.54) is 57.8 Å². The van der Waals surface area contributed by atoms with Gasteiger partial charge in [-0.2, -0.15) is 0 Å². The van der Waals surface area contributed by atoms with Crippen LogP contribution in [0.25, 0.3) is 0 Å². The Morgan fingerprint density at radius 1 is 0.800 bits per heavy atom. The van der Waals surface area contributed by atoms with Crippen LogP contribution in [0.1, 0.15) is 110 Å². The van der Waals surface area contributed by atoms with E-state index < -0.39 is 49.5 Å². The molecule has 9 heteroatoms. The minimum absolute atomic E-state index is 0.199. The second-order valence-electron chi connectivity index (χ2n) is 10.1. The van der Waals surface area contributed by atoms with Crippen molar-refractivity contribution in [2.75, 3.05) is 6.61 Å². The van der Waals surface area contributed by atoms with Crippen LogP contribution >= 0.6 is 0 Å². The van der Waals surface area contributed by atoms with Gasteiger partial charge in [-0.05, 0) is 19.8 Å². The van der Waals surface area contributed by atoms with Crippen LogP contribution in [-0.2, 0) is 14.3 Å². The molecule has 1 amide bonds. The number of primary amides is 1. The number of nitrogens with two attached hydrogens (primary N) is 1. The van der Waals surface area contributed by atoms with E-state index in [-0.39, 0.29) is 5.91 Å². The summed E-state index contributed by atoms with van der Waals surface area (Å²) in [6.45, 7) is 1.10. The van der Waals surface area contributed by atoms with Crippen molar-refractivity contribution in [1.82, 2.24) is 0 Å². The smallest absolute Gasteiger partial charge is 0.217 e. The highest BCUT2D eigenvalue weighted by atomic mass is 16.7. The molecule has 0 aliphatic carbocycles. The van der Waals surface area contributed by atoms with Crippen LogP contribution in [0.4, 0.5) is 0 Å². The van der Waals surface area contributed by atoms with E-state index >= 15 is 0 Å². The molecule has 1 aliphatic heterocycles. The largest absolute Gasteiger partial charge is 0.394 e. The molecule has 1 saturated heterocycles. The predicted molar refractivity (Wildman–Crippen MR) is 133 cm³/mol. The molecule has 1 rings (SSSR count). The number of rotatable bonds is 21. The summed E-state index contributed by atoms with van der Waals surface area (Å²) in [5.41, 5.74) is 5.14. The first-order valence-electron chi connectivity index (χ1n) is 13.7. The van der Waals surface area contributed by atoms with Crippen molar-refractivity contribution in [3.05, 3.63) is 0 Å². The van der Waals surface area contributed by atoms with Gasteiger partial charge in [-0.3, -0.25) is 4.79 Å². The highest BCUT2D eigenvalue weighted by Crippen LogP contribution is 2.25. The highest BCUT2D eigenvalue weighted by Gasteiger charge is 2.45. The first-order chi connectivity index (χ1) is 16.8. The summed E-state index contributed by atoms with van der Waals surface area (Å²) in [4.78, 5) is 10.7. The Balaban J connectivity index is 2.04. The van der Waals surface area contributed by atoms with Crippen LogP contribution in [0, 0.1) is 0 Å². The molecular formula is C26H51NO8. The monoisotopic (exact) mass is 505 g/mol. The van der Waals surface area contributed by atoms with Crippen molar-refractivity contribution in [2.45, 2.75) is 153 Å². The van der Waals surface area contributed by atoms with Gasteiger partial charge in [-0.1, -0.05) is 83.5 Å². The molecule has 0 bridgehead atoms. The fourth-order valence-corrected chi connectivity index (χ4v) is 4.54. The first-order valence-corrected chi connectivity index (χ1v) is 13.7. The molecule has 9 nitrogen and oxygen atoms in total. The highest BCUT2D eigenvalue weighted by molar-refractivity contribution is 5.73. The number of hydrogen-bond acceptors (Lipinski definition) is 8. The quantitative estimate of drug-likeness (QED) is 0.129. The fourth-order valence-electron chi connectivity index (χ4n) is 4.54. The number of unbranched alkanes of at least 4 members (excludes halogenated alkanes) is 13. The van der Waals surface area contributed by atoms with E-state index in [4.69, 9.17) is 15.2 Å². The molecule has 0 aromatic carbocycles. The Kier molecular flexibility index (Phi) is 17.8. The minimum Gasteiger partial charge on any atom is -0.394 e. The average Bonchev–Trinajstić information content (AvgIpc) is 2.82. The first kappa shape index (κ1) is 32.2. The Morgan fingerprint density at radius 2 is 1.26 bits per heavy atom. The lowest BCUT2D eigenvalue weighted by atomic mass is 9.99. The predicted octanol–water partition coefficient (Wildman–Crippen LogP) is 2.28. The molecule has 7 atom stereocenters. The summed E-state index contributed by atoms with van der Waals surface area (Å²) in [6, 6.07) is 0. The molecule has 0 aromatic heterocycles. The standard InChI is InChI=1S/C26H51NO8/c1-19(29)20(34-26-25(33)24(32)23(31)21(18-28)35-26)16-14-12-10-8-6-4-2-3-5-7-9-11-13-15-17-22(27)30/h19-21,23-26,28-29,31-33H,2-18H2,1H3,(H2,27,30). The minimum atomic E-state index is -1.49. The zero-order chi connectivity index (χ0) is 26.1. The Morgan fingerprint density at radius 3 is 1.69 bits per heavy atom. The molecule has 0 saturated carbocycles. The topological polar surface area (TPSA) is 163 Å². The van der Waals surface area contributed by atoms with Crippen molar-refractivity contribution < 1.29 is 39.8 Å². The van der Waals surface area contributed by atoms with E-state index in [1.807, 2.05) is 0 Å². The number of carbonyl (C=O) groups is 1. The van der Waals surface area contributed by atoms with E-state index in [0.717, 1.165) is 32.1 Å². The van der Waals surface area contributed by atoms with Gasteiger partial charge >= 0.3 is 0 Å². The molecule has 0 spiro atoms. The Labute approximate surface area is 211 Å². The summed E-state index contributed by atoms with van der Waals surface area (Å²) in [5, 5.41) is 49.3. The van der Waals surface area contributed by atoms with Crippen LogP contribution in [0.5, 0.6) is 0 Å². The van der Waals surface area contributed by atoms with E-state index in [0.29, 0.717) is 12.8 Å². The summed E-state index contributed by atoms with van der Waals surface area (Å²) in [7, 11) is 0. The lowest BCUT2D eigenvalue weighted by Gasteiger charge is -2.41. The summed E-state index contributed by atoms with van der Waals surface area (Å²) in [5.74, 6) is -0.199. The van der Waals surface area contributed by atoms with Crippen molar-refractivity contribution in [3.8, 4) is 0 Å². The molecule has 0 aromatic rings. The van der Waals surface area contributed by atoms with Crippen LogP contribution < -0.4 is 5.73 Å². The second-order valence-corrected chi connectivity index (χ2v) is 10.1. The van der Waals surface area contributed by atoms with Gasteiger partial charge in [-0.25, -0.2) is 0 Å². The molecule has 208 valence electrons. The van der Waals surface area contributed by atoms with Crippen LogP contribution in [0.3, 0.4) is 0 Å². The average molecular weight is 506 g/mol. The lowest BCUT2D eigenvalue weighted by Crippen LogP contribution is -2.60. The maximum Gasteiger partial charge on any atom is 0.217 e. The van der Waals surface area contributed by atoms with Gasteiger partial charge in [0.15, 0.2) is 6.29 Å². The van der Waals surface area contributed by atoms with Crippen molar-refractivity contribution in [2.24, 2.45) is 5.73 Å². The zero-order valence-electron chi connectivity index (χ0n) is 21.6. The van der Waals surface area contributed by atoms with Gasteiger partial charge in [0, 0.05) is 6.42 Å². The number of carbonyl (C=O) groups excluding carboxylic acids is 1. The molecule has 35 heavy (non-hydrogen) atoms. The fraction of sp³-hybridized carbons (Fsp3) is 0.962. The molecule has 1 fully saturated rings. The van der Waals surface area contributed by atoms with E-state index in [2.05, 4.69) is 0 Å². The third-order valence-corrected chi connectivity index (χ3v) is 6.86. The van der Waals surface area contributed by atoms with Crippen LogP contribution in [0.15, 0.2) is 0 Å². The number of hydrogen-bond donors (Lipinski definition) is 6. The molecular weight excluding hydrogens is 454 g/mol. The van der Waals surface area contributed by atoms with Crippen molar-refractivity contribution >= 4 is 5.91 Å². The van der Waals surface area contributed by atoms with Crippen molar-refractivity contribution in [3.63, 3.8) is 0 Å². The van der Waals surface area contributed by atoms with E-state index in [9.17, 15) is 30.3 Å². The van der Waals surface area contributed by atoms with Crippen molar-refractivity contribution in [1.29, 1.82) is 0 Å². The number of aliphatic hydroxyl groups is 5. The van der Waals surface area contributed by atoms with E-state index in [1.54, 1.807) is 6.92 Å². The normalized spacial score (nSPS) is 26.5. The SMILES string of the molecule is CC(O)C(CCCCCCCCCCCCCCCCC(N)=O)OC1OC(CO)C(O)C(O)C1O. The molecule has 7 N–H and O–H groups in total. The molecule has 1 aliphatic rings. The van der Waals surface area contributed by atoms with Gasteiger partial charge in [0.2, 0.25) is 5.91 Å².